The minimum absolute atomic E-state index is 0.0337. The van der Waals surface area contributed by atoms with Crippen molar-refractivity contribution in [1.29, 1.82) is 0 Å². The van der Waals surface area contributed by atoms with Crippen molar-refractivity contribution in [3.63, 3.8) is 0 Å². The highest BCUT2D eigenvalue weighted by Crippen LogP contribution is 2.26. The maximum absolute atomic E-state index is 13.4. The molecule has 0 unspecified atom stereocenters. The zero-order valence-electron chi connectivity index (χ0n) is 12.3. The summed E-state index contributed by atoms with van der Waals surface area (Å²) < 4.78 is 18.6. The second-order valence-electron chi connectivity index (χ2n) is 4.82. The topological polar surface area (TPSA) is 51.2 Å². The van der Waals surface area contributed by atoms with Gasteiger partial charge in [0.25, 0.3) is 5.91 Å². The Morgan fingerprint density at radius 2 is 2.08 bits per heavy atom. The molecule has 1 heterocycles. The number of hydrogen-bond acceptors (Lipinski definition) is 4. The number of hydrogen-bond donors (Lipinski definition) is 1. The van der Waals surface area contributed by atoms with Crippen LogP contribution in [0.15, 0.2) is 53.9 Å². The first-order valence-electron chi connectivity index (χ1n) is 7.00. The summed E-state index contributed by atoms with van der Waals surface area (Å²) in [5.41, 5.74) is 1.58. The SMILES string of the molecule is O=C(COc1ccccc1F)Nc1nc(-c2cccc(Cl)c2)cs1. The fourth-order valence-electron chi connectivity index (χ4n) is 1.97. The van der Waals surface area contributed by atoms with Gasteiger partial charge < -0.3 is 4.74 Å². The molecule has 0 aliphatic heterocycles. The van der Waals surface area contributed by atoms with Crippen molar-refractivity contribution in [3.8, 4) is 17.0 Å². The molecule has 7 heteroatoms. The molecule has 4 nitrogen and oxygen atoms in total. The third-order valence-electron chi connectivity index (χ3n) is 3.07. The van der Waals surface area contributed by atoms with Crippen LogP contribution in [0.5, 0.6) is 5.75 Å². The Labute approximate surface area is 146 Å². The number of carbonyl (C=O) groups is 1. The van der Waals surface area contributed by atoms with Gasteiger partial charge in [0, 0.05) is 16.0 Å². The summed E-state index contributed by atoms with van der Waals surface area (Å²) in [7, 11) is 0. The van der Waals surface area contributed by atoms with Gasteiger partial charge in [-0.05, 0) is 24.3 Å². The molecule has 1 amide bonds. The van der Waals surface area contributed by atoms with Crippen molar-refractivity contribution < 1.29 is 13.9 Å². The summed E-state index contributed by atoms with van der Waals surface area (Å²) in [5, 5.41) is 5.50. The van der Waals surface area contributed by atoms with E-state index < -0.39 is 11.7 Å². The second kappa shape index (κ2) is 7.42. The summed E-state index contributed by atoms with van der Waals surface area (Å²) in [6.07, 6.45) is 0. The number of benzene rings is 2. The number of anilines is 1. The monoisotopic (exact) mass is 362 g/mol. The molecule has 1 N–H and O–H groups in total. The molecule has 0 saturated carbocycles. The zero-order valence-corrected chi connectivity index (χ0v) is 13.9. The maximum Gasteiger partial charge on any atom is 0.264 e. The van der Waals surface area contributed by atoms with Crippen molar-refractivity contribution in [2.75, 3.05) is 11.9 Å². The third kappa shape index (κ3) is 4.10. The van der Waals surface area contributed by atoms with Gasteiger partial charge in [0.1, 0.15) is 0 Å². The Morgan fingerprint density at radius 1 is 1.25 bits per heavy atom. The predicted octanol–water partition coefficient (Wildman–Crippen LogP) is 4.62. The standard InChI is InChI=1S/C17H12ClFN2O2S/c18-12-5-3-4-11(8-12)14-10-24-17(20-14)21-16(22)9-23-15-7-2-1-6-13(15)19/h1-8,10H,9H2,(H,20,21,22). The molecule has 1 aromatic heterocycles. The van der Waals surface area contributed by atoms with E-state index in [-0.39, 0.29) is 12.4 Å². The fraction of sp³-hybridized carbons (Fsp3) is 0.0588. The van der Waals surface area contributed by atoms with Crippen molar-refractivity contribution >= 4 is 34.0 Å². The number of aromatic nitrogens is 1. The molecule has 3 aromatic rings. The van der Waals surface area contributed by atoms with Gasteiger partial charge >= 0.3 is 0 Å². The molecule has 0 saturated heterocycles. The maximum atomic E-state index is 13.4. The predicted molar refractivity (Wildman–Crippen MR) is 93.1 cm³/mol. The minimum atomic E-state index is -0.511. The molecule has 0 bridgehead atoms. The van der Waals surface area contributed by atoms with Crippen LogP contribution in [-0.4, -0.2) is 17.5 Å². The van der Waals surface area contributed by atoms with Gasteiger partial charge in [0.15, 0.2) is 23.3 Å². The van der Waals surface area contributed by atoms with E-state index in [0.29, 0.717) is 15.8 Å². The summed E-state index contributed by atoms with van der Waals surface area (Å²) >= 11 is 7.24. The van der Waals surface area contributed by atoms with Crippen molar-refractivity contribution in [2.45, 2.75) is 0 Å². The Balaban J connectivity index is 1.60. The van der Waals surface area contributed by atoms with Crippen molar-refractivity contribution in [1.82, 2.24) is 4.98 Å². The van der Waals surface area contributed by atoms with E-state index in [9.17, 15) is 9.18 Å². The lowest BCUT2D eigenvalue weighted by Crippen LogP contribution is -2.20. The van der Waals surface area contributed by atoms with E-state index in [1.807, 2.05) is 17.5 Å². The van der Waals surface area contributed by atoms with Crippen molar-refractivity contribution in [3.05, 3.63) is 64.8 Å². The average molecular weight is 363 g/mol. The summed E-state index contributed by atoms with van der Waals surface area (Å²) in [6.45, 7) is -0.299. The molecule has 3 rings (SSSR count). The van der Waals surface area contributed by atoms with Crippen LogP contribution >= 0.6 is 22.9 Å². The first-order chi connectivity index (χ1) is 11.6. The lowest BCUT2D eigenvalue weighted by molar-refractivity contribution is -0.118. The summed E-state index contributed by atoms with van der Waals surface area (Å²) in [4.78, 5) is 16.2. The molecule has 0 spiro atoms. The lowest BCUT2D eigenvalue weighted by Gasteiger charge is -2.06. The molecule has 0 fully saturated rings. The van der Waals surface area contributed by atoms with Gasteiger partial charge in [-0.25, -0.2) is 9.37 Å². The van der Waals surface area contributed by atoms with Gasteiger partial charge in [-0.1, -0.05) is 35.9 Å². The van der Waals surface area contributed by atoms with Crippen LogP contribution in [0.4, 0.5) is 9.52 Å². The average Bonchev–Trinajstić information content (AvgIpc) is 3.02. The number of thiazole rings is 1. The van der Waals surface area contributed by atoms with E-state index in [2.05, 4.69) is 10.3 Å². The molecular formula is C17H12ClFN2O2S. The Kier molecular flexibility index (Phi) is 5.08. The van der Waals surface area contributed by atoms with E-state index in [0.717, 1.165) is 5.56 Å². The van der Waals surface area contributed by atoms with Gasteiger partial charge in [0.05, 0.1) is 5.69 Å². The molecule has 2 aromatic carbocycles. The number of carbonyl (C=O) groups excluding carboxylic acids is 1. The van der Waals surface area contributed by atoms with Gasteiger partial charge in [-0.2, -0.15) is 0 Å². The molecule has 24 heavy (non-hydrogen) atoms. The van der Waals surface area contributed by atoms with Crippen LogP contribution in [0.1, 0.15) is 0 Å². The normalized spacial score (nSPS) is 10.4. The third-order valence-corrected chi connectivity index (χ3v) is 4.06. The van der Waals surface area contributed by atoms with E-state index in [1.165, 1.54) is 23.5 Å². The number of halogens is 2. The van der Waals surface area contributed by atoms with Gasteiger partial charge in [-0.3, -0.25) is 10.1 Å². The minimum Gasteiger partial charge on any atom is -0.481 e. The number of nitrogens with one attached hydrogen (secondary N) is 1. The van der Waals surface area contributed by atoms with E-state index in [1.54, 1.807) is 24.3 Å². The second-order valence-corrected chi connectivity index (χ2v) is 6.11. The lowest BCUT2D eigenvalue weighted by atomic mass is 10.2. The highest BCUT2D eigenvalue weighted by atomic mass is 35.5. The van der Waals surface area contributed by atoms with Crippen LogP contribution in [0.25, 0.3) is 11.3 Å². The fourth-order valence-corrected chi connectivity index (χ4v) is 2.90. The molecule has 0 atom stereocenters. The van der Waals surface area contributed by atoms with Gasteiger partial charge in [0.2, 0.25) is 0 Å². The quantitative estimate of drug-likeness (QED) is 0.720. The number of para-hydroxylation sites is 1. The largest absolute Gasteiger partial charge is 0.481 e. The highest BCUT2D eigenvalue weighted by molar-refractivity contribution is 7.14. The Bertz CT molecular complexity index is 869. The molecule has 0 aliphatic carbocycles. The van der Waals surface area contributed by atoms with Crippen molar-refractivity contribution in [2.24, 2.45) is 0 Å². The first kappa shape index (κ1) is 16.4. The van der Waals surface area contributed by atoms with Crippen LogP contribution in [0, 0.1) is 5.82 Å². The number of nitrogens with zero attached hydrogens (tertiary/aromatic N) is 1. The number of amides is 1. The van der Waals surface area contributed by atoms with Crippen LogP contribution in [-0.2, 0) is 4.79 Å². The van der Waals surface area contributed by atoms with E-state index >= 15 is 0 Å². The number of rotatable bonds is 5. The molecule has 122 valence electrons. The van der Waals surface area contributed by atoms with E-state index in [4.69, 9.17) is 16.3 Å². The molecule has 0 radical (unpaired) electrons. The highest BCUT2D eigenvalue weighted by Gasteiger charge is 2.10. The van der Waals surface area contributed by atoms with Gasteiger partial charge in [-0.15, -0.1) is 11.3 Å². The zero-order chi connectivity index (χ0) is 16.9. The first-order valence-corrected chi connectivity index (χ1v) is 8.26. The van der Waals surface area contributed by atoms with Crippen LogP contribution in [0.3, 0.4) is 0 Å². The number of ether oxygens (including phenoxy) is 1. The summed E-state index contributed by atoms with van der Waals surface area (Å²) in [5.74, 6) is -0.889. The Hall–Kier alpha value is -2.44. The Morgan fingerprint density at radius 3 is 2.88 bits per heavy atom. The summed E-state index contributed by atoms with van der Waals surface area (Å²) in [6, 6.07) is 13.2. The smallest absolute Gasteiger partial charge is 0.264 e. The van der Waals surface area contributed by atoms with Crippen LogP contribution in [0.2, 0.25) is 5.02 Å². The molecule has 0 aliphatic rings. The molecular weight excluding hydrogens is 351 g/mol. The van der Waals surface area contributed by atoms with Crippen LogP contribution < -0.4 is 10.1 Å².